The van der Waals surface area contributed by atoms with Crippen LogP contribution >= 0.6 is 11.6 Å². The van der Waals surface area contributed by atoms with Gasteiger partial charge in [0.15, 0.2) is 0 Å². The van der Waals surface area contributed by atoms with Gasteiger partial charge < -0.3 is 10.6 Å². The first-order valence-corrected chi connectivity index (χ1v) is 12.7. The van der Waals surface area contributed by atoms with Gasteiger partial charge in [-0.15, -0.1) is 0 Å². The zero-order valence-corrected chi connectivity index (χ0v) is 22.1. The van der Waals surface area contributed by atoms with Crippen LogP contribution in [-0.2, 0) is 29.0 Å². The first-order chi connectivity index (χ1) is 17.7. The van der Waals surface area contributed by atoms with Crippen LogP contribution in [0.5, 0.6) is 0 Å². The number of carbonyl (C=O) groups is 1. The Labute approximate surface area is 219 Å². The van der Waals surface area contributed by atoms with Crippen molar-refractivity contribution in [2.75, 3.05) is 13.0 Å². The monoisotopic (exact) mass is 525 g/mol. The van der Waals surface area contributed by atoms with Crippen LogP contribution in [0.15, 0.2) is 57.0 Å². The lowest BCUT2D eigenvalue weighted by atomic mass is 10.0. The molecule has 4 rings (SSSR count). The summed E-state index contributed by atoms with van der Waals surface area (Å²) in [5.74, 6) is 5.79. The standard InChI is InChI=1S/C27H32ClN5O4/c1-17-14-23(13-10-21(17)9-6-19-4-5-19)30-25-31(16-20-7-11-22(28)12-8-20)26(35)32(27(36)33(25)29)15-18(2)24(34)37-3/h7-8,10-14,18-19H,4-6,9,15-16,29H2,1-3H3/t18-/m0/s1. The van der Waals surface area contributed by atoms with Gasteiger partial charge in [0.2, 0.25) is 5.62 Å². The van der Waals surface area contributed by atoms with Crippen LogP contribution in [0, 0.1) is 18.8 Å². The highest BCUT2D eigenvalue weighted by atomic mass is 35.5. The molecule has 1 aromatic heterocycles. The van der Waals surface area contributed by atoms with Crippen molar-refractivity contribution in [1.82, 2.24) is 13.8 Å². The first kappa shape index (κ1) is 26.5. The number of methoxy groups -OCH3 is 1. The van der Waals surface area contributed by atoms with Gasteiger partial charge in [0.25, 0.3) is 0 Å². The third-order valence-electron chi connectivity index (χ3n) is 6.74. The van der Waals surface area contributed by atoms with Gasteiger partial charge >= 0.3 is 17.3 Å². The maximum atomic E-state index is 13.6. The highest BCUT2D eigenvalue weighted by molar-refractivity contribution is 6.30. The molecule has 0 bridgehead atoms. The van der Waals surface area contributed by atoms with Crippen LogP contribution in [0.25, 0.3) is 0 Å². The predicted molar refractivity (Wildman–Crippen MR) is 142 cm³/mol. The summed E-state index contributed by atoms with van der Waals surface area (Å²) in [5, 5.41) is 0.559. The van der Waals surface area contributed by atoms with Crippen molar-refractivity contribution in [1.29, 1.82) is 0 Å². The molecule has 196 valence electrons. The van der Waals surface area contributed by atoms with E-state index in [0.29, 0.717) is 10.7 Å². The fraction of sp³-hybridized carbons (Fsp3) is 0.407. The Balaban J connectivity index is 1.82. The minimum atomic E-state index is -0.773. The number of nitrogen functional groups attached to an aromatic ring is 1. The molecule has 1 fully saturated rings. The molecule has 0 radical (unpaired) electrons. The molecule has 2 aromatic carbocycles. The van der Waals surface area contributed by atoms with Gasteiger partial charge in [-0.2, -0.15) is 4.68 Å². The van der Waals surface area contributed by atoms with E-state index in [4.69, 9.17) is 22.2 Å². The summed E-state index contributed by atoms with van der Waals surface area (Å²) in [7, 11) is 1.25. The van der Waals surface area contributed by atoms with Gasteiger partial charge in [0.1, 0.15) is 0 Å². The summed E-state index contributed by atoms with van der Waals surface area (Å²) >= 11 is 6.03. The second kappa shape index (κ2) is 11.2. The zero-order valence-electron chi connectivity index (χ0n) is 21.3. The highest BCUT2D eigenvalue weighted by Crippen LogP contribution is 2.34. The summed E-state index contributed by atoms with van der Waals surface area (Å²) in [6.45, 7) is 3.52. The maximum Gasteiger partial charge on any atom is 0.353 e. The Hall–Kier alpha value is -3.59. The Morgan fingerprint density at radius 1 is 1.14 bits per heavy atom. The second-order valence-corrected chi connectivity index (χ2v) is 10.1. The summed E-state index contributed by atoms with van der Waals surface area (Å²) in [4.78, 5) is 43.3. The van der Waals surface area contributed by atoms with E-state index >= 15 is 0 Å². The van der Waals surface area contributed by atoms with Crippen molar-refractivity contribution in [2.45, 2.75) is 52.6 Å². The summed E-state index contributed by atoms with van der Waals surface area (Å²) in [6, 6.07) is 12.8. The van der Waals surface area contributed by atoms with Crippen molar-refractivity contribution < 1.29 is 9.53 Å². The third kappa shape index (κ3) is 6.22. The molecule has 1 saturated carbocycles. The Morgan fingerprint density at radius 2 is 1.84 bits per heavy atom. The molecule has 0 saturated heterocycles. The van der Waals surface area contributed by atoms with E-state index in [1.54, 1.807) is 31.2 Å². The molecule has 1 heterocycles. The number of aromatic nitrogens is 3. The molecule has 1 aliphatic carbocycles. The van der Waals surface area contributed by atoms with E-state index in [1.165, 1.54) is 36.5 Å². The quantitative estimate of drug-likeness (QED) is 0.341. The Bertz CT molecular complexity index is 1480. The van der Waals surface area contributed by atoms with E-state index in [9.17, 15) is 14.4 Å². The number of hydrogen-bond acceptors (Lipinski definition) is 6. The van der Waals surface area contributed by atoms with Crippen molar-refractivity contribution in [3.8, 4) is 0 Å². The predicted octanol–water partition coefficient (Wildman–Crippen LogP) is 2.92. The number of aryl methyl sites for hydroxylation is 2. The smallest absolute Gasteiger partial charge is 0.353 e. The van der Waals surface area contributed by atoms with Crippen molar-refractivity contribution in [3.05, 3.63) is 90.8 Å². The molecular formula is C27H32ClN5O4. The summed E-state index contributed by atoms with van der Waals surface area (Å²) < 4.78 is 7.86. The number of esters is 1. The van der Waals surface area contributed by atoms with Crippen molar-refractivity contribution in [3.63, 3.8) is 0 Å². The van der Waals surface area contributed by atoms with Crippen LogP contribution in [-0.4, -0.2) is 26.9 Å². The summed E-state index contributed by atoms with van der Waals surface area (Å²) in [5.41, 5.74) is 2.29. The van der Waals surface area contributed by atoms with Crippen LogP contribution in [0.2, 0.25) is 5.02 Å². The largest absolute Gasteiger partial charge is 0.469 e. The molecule has 2 N–H and O–H groups in total. The topological polar surface area (TPSA) is 114 Å². The van der Waals surface area contributed by atoms with Crippen molar-refractivity contribution >= 4 is 23.3 Å². The van der Waals surface area contributed by atoms with Crippen LogP contribution in [0.1, 0.15) is 42.9 Å². The third-order valence-corrected chi connectivity index (χ3v) is 7.00. The number of hydrogen-bond donors (Lipinski definition) is 1. The van der Waals surface area contributed by atoms with Gasteiger partial charge in [0.05, 0.1) is 25.3 Å². The molecule has 1 atom stereocenters. The molecule has 0 spiro atoms. The Morgan fingerprint density at radius 3 is 2.46 bits per heavy atom. The lowest BCUT2D eigenvalue weighted by Gasteiger charge is -2.16. The molecule has 0 unspecified atom stereocenters. The van der Waals surface area contributed by atoms with Gasteiger partial charge in [-0.1, -0.05) is 49.6 Å². The number of halogens is 1. The average Bonchev–Trinajstić information content (AvgIpc) is 3.72. The first-order valence-electron chi connectivity index (χ1n) is 12.4. The number of nitrogens with zero attached hydrogens (tertiary/aromatic N) is 4. The SMILES string of the molecule is COC(=O)[C@@H](C)Cn1c(=O)n(N)c(=Nc2ccc(CCC3CC3)c(C)c2)n(Cc2ccc(Cl)cc2)c1=O. The van der Waals surface area contributed by atoms with E-state index in [2.05, 4.69) is 4.99 Å². The second-order valence-electron chi connectivity index (χ2n) is 9.69. The van der Waals surface area contributed by atoms with E-state index in [1.807, 2.05) is 25.1 Å². The Kier molecular flexibility index (Phi) is 8.02. The minimum Gasteiger partial charge on any atom is -0.469 e. The normalized spacial score (nSPS) is 14.5. The highest BCUT2D eigenvalue weighted by Gasteiger charge is 2.21. The molecular weight excluding hydrogens is 494 g/mol. The fourth-order valence-corrected chi connectivity index (χ4v) is 4.43. The van der Waals surface area contributed by atoms with E-state index < -0.39 is 23.3 Å². The molecule has 0 amide bonds. The fourth-order valence-electron chi connectivity index (χ4n) is 4.30. The number of ether oxygens (including phenoxy) is 1. The summed E-state index contributed by atoms with van der Waals surface area (Å²) in [6.07, 6.45) is 4.84. The van der Waals surface area contributed by atoms with Crippen LogP contribution in [0.4, 0.5) is 5.69 Å². The molecule has 0 aliphatic heterocycles. The van der Waals surface area contributed by atoms with E-state index in [-0.39, 0.29) is 18.7 Å². The maximum absolute atomic E-state index is 13.6. The molecule has 1 aliphatic rings. The molecule has 10 heteroatoms. The number of nitrogens with two attached hydrogens (primary N) is 1. The molecule has 3 aromatic rings. The number of carbonyl (C=O) groups excluding carboxylic acids is 1. The van der Waals surface area contributed by atoms with Gasteiger partial charge in [0, 0.05) is 11.6 Å². The number of rotatable bonds is 9. The minimum absolute atomic E-state index is 0.00273. The number of benzene rings is 2. The van der Waals surface area contributed by atoms with Gasteiger partial charge in [-0.3, -0.25) is 9.36 Å². The van der Waals surface area contributed by atoms with E-state index in [0.717, 1.165) is 32.7 Å². The van der Waals surface area contributed by atoms with Crippen LogP contribution < -0.4 is 22.8 Å². The van der Waals surface area contributed by atoms with Crippen molar-refractivity contribution in [2.24, 2.45) is 16.8 Å². The lowest BCUT2D eigenvalue weighted by Crippen LogP contribution is -2.58. The van der Waals surface area contributed by atoms with Gasteiger partial charge in [-0.25, -0.2) is 19.1 Å². The van der Waals surface area contributed by atoms with Crippen LogP contribution in [0.3, 0.4) is 0 Å². The molecule has 9 nitrogen and oxygen atoms in total. The average molecular weight is 526 g/mol. The zero-order chi connectivity index (χ0) is 26.7. The lowest BCUT2D eigenvalue weighted by molar-refractivity contribution is -0.145. The molecule has 37 heavy (non-hydrogen) atoms. The van der Waals surface area contributed by atoms with Gasteiger partial charge in [-0.05, 0) is 66.6 Å².